The van der Waals surface area contributed by atoms with E-state index < -0.39 is 5.41 Å². The van der Waals surface area contributed by atoms with Crippen molar-refractivity contribution in [3.05, 3.63) is 0 Å². The van der Waals surface area contributed by atoms with Gasteiger partial charge >= 0.3 is 0 Å². The lowest BCUT2D eigenvalue weighted by molar-refractivity contribution is -0.129. The number of rotatable bonds is 6. The number of hydrogen-bond acceptors (Lipinski definition) is 2. The van der Waals surface area contributed by atoms with Crippen LogP contribution in [0.15, 0.2) is 0 Å². The zero-order valence-corrected chi connectivity index (χ0v) is 11.2. The van der Waals surface area contributed by atoms with Crippen molar-refractivity contribution in [3.8, 4) is 0 Å². The molecule has 0 spiro atoms. The van der Waals surface area contributed by atoms with Gasteiger partial charge in [0.05, 0.1) is 5.41 Å². The Morgan fingerprint density at radius 2 is 2.00 bits per heavy atom. The lowest BCUT2D eigenvalue weighted by atomic mass is 9.94. The summed E-state index contributed by atoms with van der Waals surface area (Å²) in [5.41, 5.74) is -0.485. The van der Waals surface area contributed by atoms with Crippen molar-refractivity contribution in [1.29, 1.82) is 0 Å². The topological polar surface area (TPSA) is 32.3 Å². The molecule has 0 saturated carbocycles. The Bertz CT molecular complexity index is 205. The Labute approximate surface area is 98.2 Å². The molecule has 0 saturated heterocycles. The van der Waals surface area contributed by atoms with Gasteiger partial charge in [-0.3, -0.25) is 4.79 Å². The SMILES string of the molecule is CCC(CN(C)C)NC(=O)C(C)(C)CCl. The van der Waals surface area contributed by atoms with E-state index in [0.717, 1.165) is 13.0 Å². The zero-order valence-electron chi connectivity index (χ0n) is 10.4. The van der Waals surface area contributed by atoms with E-state index in [2.05, 4.69) is 17.1 Å². The van der Waals surface area contributed by atoms with Crippen molar-refractivity contribution < 1.29 is 4.79 Å². The summed E-state index contributed by atoms with van der Waals surface area (Å²) in [6, 6.07) is 0.204. The van der Waals surface area contributed by atoms with Crippen LogP contribution in [0.3, 0.4) is 0 Å². The number of alkyl halides is 1. The summed E-state index contributed by atoms with van der Waals surface area (Å²) in [6.07, 6.45) is 0.933. The third-order valence-corrected chi connectivity index (χ3v) is 3.03. The molecule has 0 aromatic carbocycles. The molecular weight excluding hydrogens is 212 g/mol. The van der Waals surface area contributed by atoms with E-state index in [4.69, 9.17) is 11.6 Å². The predicted octanol–water partition coefficient (Wildman–Crippen LogP) is 1.71. The minimum absolute atomic E-state index is 0.0335. The molecule has 1 unspecified atom stereocenters. The van der Waals surface area contributed by atoms with Crippen LogP contribution >= 0.6 is 11.6 Å². The van der Waals surface area contributed by atoms with Crippen LogP contribution in [0.25, 0.3) is 0 Å². The van der Waals surface area contributed by atoms with Crippen LogP contribution in [0.4, 0.5) is 0 Å². The fourth-order valence-electron chi connectivity index (χ4n) is 1.16. The van der Waals surface area contributed by atoms with Gasteiger partial charge in [-0.15, -0.1) is 11.6 Å². The largest absolute Gasteiger partial charge is 0.352 e. The summed E-state index contributed by atoms with van der Waals surface area (Å²) >= 11 is 5.75. The minimum Gasteiger partial charge on any atom is -0.352 e. The summed E-state index contributed by atoms with van der Waals surface area (Å²) in [5.74, 6) is 0.378. The van der Waals surface area contributed by atoms with Crippen LogP contribution in [-0.4, -0.2) is 43.4 Å². The lowest BCUT2D eigenvalue weighted by Crippen LogP contribution is -2.47. The monoisotopic (exact) mass is 234 g/mol. The Kier molecular flexibility index (Phi) is 6.22. The number of nitrogens with zero attached hydrogens (tertiary/aromatic N) is 1. The third-order valence-electron chi connectivity index (χ3n) is 2.36. The van der Waals surface area contributed by atoms with Gasteiger partial charge in [-0.2, -0.15) is 0 Å². The molecule has 1 atom stereocenters. The average molecular weight is 235 g/mol. The molecule has 0 radical (unpaired) electrons. The maximum absolute atomic E-state index is 11.8. The fraction of sp³-hybridized carbons (Fsp3) is 0.909. The van der Waals surface area contributed by atoms with Gasteiger partial charge < -0.3 is 10.2 Å². The Morgan fingerprint density at radius 1 is 1.47 bits per heavy atom. The van der Waals surface area contributed by atoms with E-state index in [1.54, 1.807) is 0 Å². The number of hydrogen-bond donors (Lipinski definition) is 1. The van der Waals surface area contributed by atoms with Crippen molar-refractivity contribution in [3.63, 3.8) is 0 Å². The molecule has 0 aliphatic carbocycles. The first kappa shape index (κ1) is 14.7. The molecule has 0 heterocycles. The van der Waals surface area contributed by atoms with Crippen molar-refractivity contribution >= 4 is 17.5 Å². The van der Waals surface area contributed by atoms with Crippen molar-refractivity contribution in [1.82, 2.24) is 10.2 Å². The highest BCUT2D eigenvalue weighted by Crippen LogP contribution is 2.17. The summed E-state index contributed by atoms with van der Waals surface area (Å²) in [5, 5.41) is 3.02. The maximum atomic E-state index is 11.8. The molecule has 15 heavy (non-hydrogen) atoms. The van der Waals surface area contributed by atoms with E-state index in [1.807, 2.05) is 27.9 Å². The van der Waals surface area contributed by atoms with Gasteiger partial charge in [-0.05, 0) is 34.4 Å². The molecule has 0 aliphatic rings. The molecule has 3 nitrogen and oxygen atoms in total. The van der Waals surface area contributed by atoms with Gasteiger partial charge in [0.25, 0.3) is 0 Å². The highest BCUT2D eigenvalue weighted by molar-refractivity contribution is 6.19. The maximum Gasteiger partial charge on any atom is 0.227 e. The smallest absolute Gasteiger partial charge is 0.227 e. The average Bonchev–Trinajstić information content (AvgIpc) is 2.15. The normalized spacial score (nSPS) is 14.1. The number of likely N-dealkylation sites (N-methyl/N-ethyl adjacent to an activating group) is 1. The van der Waals surface area contributed by atoms with Gasteiger partial charge in [-0.1, -0.05) is 6.92 Å². The molecule has 0 aromatic heterocycles. The van der Waals surface area contributed by atoms with Gasteiger partial charge in [0.15, 0.2) is 0 Å². The van der Waals surface area contributed by atoms with Crippen LogP contribution in [-0.2, 0) is 4.79 Å². The number of nitrogens with one attached hydrogen (secondary N) is 1. The molecule has 0 aliphatic heterocycles. The van der Waals surface area contributed by atoms with Crippen LogP contribution in [0.1, 0.15) is 27.2 Å². The first-order valence-corrected chi connectivity index (χ1v) is 5.88. The van der Waals surface area contributed by atoms with E-state index in [-0.39, 0.29) is 11.9 Å². The van der Waals surface area contributed by atoms with Crippen LogP contribution < -0.4 is 5.32 Å². The van der Waals surface area contributed by atoms with E-state index >= 15 is 0 Å². The molecule has 0 bridgehead atoms. The molecule has 1 amide bonds. The van der Waals surface area contributed by atoms with E-state index in [0.29, 0.717) is 5.88 Å². The third kappa shape index (κ3) is 5.38. The van der Waals surface area contributed by atoms with Gasteiger partial charge in [0.2, 0.25) is 5.91 Å². The molecule has 0 aromatic rings. The Balaban J connectivity index is 4.24. The molecular formula is C11H23ClN2O. The second-order valence-corrected chi connectivity index (χ2v) is 5.13. The van der Waals surface area contributed by atoms with Crippen molar-refractivity contribution in [2.24, 2.45) is 5.41 Å². The predicted molar refractivity (Wildman–Crippen MR) is 65.3 cm³/mol. The van der Waals surface area contributed by atoms with E-state index in [9.17, 15) is 4.79 Å². The molecule has 0 fully saturated rings. The molecule has 90 valence electrons. The summed E-state index contributed by atoms with van der Waals surface area (Å²) in [7, 11) is 4.00. The highest BCUT2D eigenvalue weighted by Gasteiger charge is 2.27. The molecule has 1 N–H and O–H groups in total. The second kappa shape index (κ2) is 6.33. The van der Waals surface area contributed by atoms with Gasteiger partial charge in [0.1, 0.15) is 0 Å². The van der Waals surface area contributed by atoms with Gasteiger partial charge in [0, 0.05) is 18.5 Å². The van der Waals surface area contributed by atoms with Crippen LogP contribution in [0.2, 0.25) is 0 Å². The highest BCUT2D eigenvalue weighted by atomic mass is 35.5. The van der Waals surface area contributed by atoms with Crippen molar-refractivity contribution in [2.75, 3.05) is 26.5 Å². The molecule has 4 heteroatoms. The van der Waals surface area contributed by atoms with Crippen LogP contribution in [0.5, 0.6) is 0 Å². The van der Waals surface area contributed by atoms with E-state index in [1.165, 1.54) is 0 Å². The number of carbonyl (C=O) groups is 1. The fourth-order valence-corrected chi connectivity index (χ4v) is 1.28. The van der Waals surface area contributed by atoms with Crippen LogP contribution in [0, 0.1) is 5.41 Å². The standard InChI is InChI=1S/C11H23ClN2O/c1-6-9(7-14(4)5)13-10(15)11(2,3)8-12/h9H,6-8H2,1-5H3,(H,13,15). The summed E-state index contributed by atoms with van der Waals surface area (Å²) in [4.78, 5) is 13.9. The number of carbonyl (C=O) groups excluding carboxylic acids is 1. The number of amides is 1. The first-order chi connectivity index (χ1) is 6.83. The lowest BCUT2D eigenvalue weighted by Gasteiger charge is -2.26. The Morgan fingerprint density at radius 3 is 2.33 bits per heavy atom. The van der Waals surface area contributed by atoms with Gasteiger partial charge in [-0.25, -0.2) is 0 Å². The Hall–Kier alpha value is -0.280. The quantitative estimate of drug-likeness (QED) is 0.710. The summed E-state index contributed by atoms with van der Waals surface area (Å²) in [6.45, 7) is 6.65. The summed E-state index contributed by atoms with van der Waals surface area (Å²) < 4.78 is 0. The first-order valence-electron chi connectivity index (χ1n) is 5.35. The molecule has 0 rings (SSSR count). The zero-order chi connectivity index (χ0) is 12.1. The second-order valence-electron chi connectivity index (χ2n) is 4.86. The number of halogens is 1. The van der Waals surface area contributed by atoms with Crippen molar-refractivity contribution in [2.45, 2.75) is 33.2 Å². The minimum atomic E-state index is -0.485.